The highest BCUT2D eigenvalue weighted by Gasteiger charge is 2.29. The molecule has 1 fully saturated rings. The second-order valence-electron chi connectivity index (χ2n) is 5.20. The van der Waals surface area contributed by atoms with E-state index in [0.717, 1.165) is 30.8 Å². The van der Waals surface area contributed by atoms with Crippen molar-refractivity contribution in [1.82, 2.24) is 10.1 Å². The Morgan fingerprint density at radius 2 is 2.14 bits per heavy atom. The number of guanidine groups is 1. The molecule has 0 atom stereocenters. The van der Waals surface area contributed by atoms with Crippen molar-refractivity contribution in [2.24, 2.45) is 10.7 Å². The zero-order valence-corrected chi connectivity index (χ0v) is 12.0. The number of nitrogens with one attached hydrogen (secondary N) is 1. The van der Waals surface area contributed by atoms with E-state index in [-0.39, 0.29) is 0 Å². The molecular formula is C15H19N5O. The summed E-state index contributed by atoms with van der Waals surface area (Å²) in [7, 11) is 0. The van der Waals surface area contributed by atoms with Gasteiger partial charge in [-0.2, -0.15) is 4.98 Å². The fourth-order valence-electron chi connectivity index (χ4n) is 1.99. The number of hydrogen-bond donors (Lipinski definition) is 2. The van der Waals surface area contributed by atoms with Gasteiger partial charge in [-0.1, -0.05) is 24.2 Å². The molecule has 0 unspecified atom stereocenters. The number of nitrogens with zero attached hydrogens (tertiary/aromatic N) is 3. The topological polar surface area (TPSA) is 89.3 Å². The summed E-state index contributed by atoms with van der Waals surface area (Å²) in [5.74, 6) is 2.10. The van der Waals surface area contributed by atoms with Gasteiger partial charge < -0.3 is 15.6 Å². The molecule has 0 radical (unpaired) electrons. The van der Waals surface area contributed by atoms with Crippen molar-refractivity contribution in [2.45, 2.75) is 38.6 Å². The van der Waals surface area contributed by atoms with Gasteiger partial charge in [0.05, 0.1) is 0 Å². The highest BCUT2D eigenvalue weighted by molar-refractivity contribution is 5.92. The molecule has 1 aliphatic carbocycles. The largest absolute Gasteiger partial charge is 0.370 e. The first-order chi connectivity index (χ1) is 10.2. The minimum Gasteiger partial charge on any atom is -0.370 e. The van der Waals surface area contributed by atoms with Gasteiger partial charge in [0.1, 0.15) is 6.54 Å². The normalized spacial score (nSPS) is 15.2. The van der Waals surface area contributed by atoms with Crippen molar-refractivity contribution in [3.8, 4) is 0 Å². The molecule has 3 N–H and O–H groups in total. The zero-order chi connectivity index (χ0) is 14.7. The summed E-state index contributed by atoms with van der Waals surface area (Å²) in [6.45, 7) is 2.45. The third-order valence-electron chi connectivity index (χ3n) is 3.44. The maximum Gasteiger partial charge on any atom is 0.229 e. The minimum absolute atomic E-state index is 0.322. The molecule has 6 nitrogen and oxygen atoms in total. The lowest BCUT2D eigenvalue weighted by atomic mass is 10.1. The molecule has 21 heavy (non-hydrogen) atoms. The second-order valence-corrected chi connectivity index (χ2v) is 5.20. The lowest BCUT2D eigenvalue weighted by Gasteiger charge is -2.05. The fourth-order valence-corrected chi connectivity index (χ4v) is 1.99. The Morgan fingerprint density at radius 3 is 2.81 bits per heavy atom. The lowest BCUT2D eigenvalue weighted by Crippen LogP contribution is -2.22. The molecule has 0 spiro atoms. The van der Waals surface area contributed by atoms with E-state index in [1.807, 2.05) is 12.1 Å². The Labute approximate surface area is 123 Å². The van der Waals surface area contributed by atoms with Crippen molar-refractivity contribution < 1.29 is 4.52 Å². The number of anilines is 1. The van der Waals surface area contributed by atoms with Gasteiger partial charge in [0.25, 0.3) is 0 Å². The monoisotopic (exact) mass is 285 g/mol. The predicted molar refractivity (Wildman–Crippen MR) is 81.0 cm³/mol. The maximum absolute atomic E-state index is 5.86. The number of nitrogens with two attached hydrogens (primary N) is 1. The van der Waals surface area contributed by atoms with Crippen LogP contribution in [0.2, 0.25) is 0 Å². The van der Waals surface area contributed by atoms with Crippen LogP contribution in [-0.2, 0) is 13.0 Å². The molecule has 1 saturated carbocycles. The van der Waals surface area contributed by atoms with Crippen LogP contribution in [-0.4, -0.2) is 16.1 Å². The summed E-state index contributed by atoms with van der Waals surface area (Å²) in [5.41, 5.74) is 8.06. The molecule has 6 heteroatoms. The summed E-state index contributed by atoms with van der Waals surface area (Å²) in [4.78, 5) is 8.53. The Balaban J connectivity index is 1.56. The van der Waals surface area contributed by atoms with E-state index in [1.54, 1.807) is 0 Å². The first-order valence-electron chi connectivity index (χ1n) is 7.23. The smallest absolute Gasteiger partial charge is 0.229 e. The van der Waals surface area contributed by atoms with E-state index in [2.05, 4.69) is 39.5 Å². The standard InChI is InChI=1S/C15H19N5O/c1-2-10-3-7-12(8-4-10)18-15(16)17-9-13-19-14(21-20-13)11-5-6-11/h3-4,7-8,11H,2,5-6,9H2,1H3,(H3,16,17,18). The Hall–Kier alpha value is -2.37. The van der Waals surface area contributed by atoms with Gasteiger partial charge in [-0.15, -0.1) is 0 Å². The maximum atomic E-state index is 5.86. The summed E-state index contributed by atoms with van der Waals surface area (Å²) in [6, 6.07) is 8.11. The second kappa shape index (κ2) is 5.95. The van der Waals surface area contributed by atoms with Crippen molar-refractivity contribution in [2.75, 3.05) is 5.32 Å². The minimum atomic E-state index is 0.322. The quantitative estimate of drug-likeness (QED) is 0.650. The van der Waals surface area contributed by atoms with Crippen molar-refractivity contribution >= 4 is 11.6 Å². The highest BCUT2D eigenvalue weighted by Crippen LogP contribution is 2.38. The van der Waals surface area contributed by atoms with E-state index < -0.39 is 0 Å². The molecule has 1 aromatic heterocycles. The Morgan fingerprint density at radius 1 is 1.38 bits per heavy atom. The van der Waals surface area contributed by atoms with E-state index in [9.17, 15) is 0 Å². The van der Waals surface area contributed by atoms with Gasteiger partial charge in [0.15, 0.2) is 11.8 Å². The van der Waals surface area contributed by atoms with Crippen LogP contribution in [0.15, 0.2) is 33.8 Å². The van der Waals surface area contributed by atoms with E-state index in [0.29, 0.717) is 24.2 Å². The van der Waals surface area contributed by atoms with Crippen molar-refractivity contribution in [3.05, 3.63) is 41.5 Å². The van der Waals surface area contributed by atoms with Crippen LogP contribution in [0, 0.1) is 0 Å². The van der Waals surface area contributed by atoms with Gasteiger partial charge in [-0.05, 0) is 37.0 Å². The first kappa shape index (κ1) is 13.6. The van der Waals surface area contributed by atoms with Crippen LogP contribution >= 0.6 is 0 Å². The number of benzene rings is 1. The summed E-state index contributed by atoms with van der Waals surface area (Å²) in [6.07, 6.45) is 3.30. The van der Waals surface area contributed by atoms with Gasteiger partial charge in [0, 0.05) is 11.6 Å². The first-order valence-corrected chi connectivity index (χ1v) is 7.23. The van der Waals surface area contributed by atoms with Crippen LogP contribution in [0.25, 0.3) is 0 Å². The molecule has 2 aromatic rings. The van der Waals surface area contributed by atoms with Gasteiger partial charge >= 0.3 is 0 Å². The third kappa shape index (κ3) is 3.59. The molecule has 0 aliphatic heterocycles. The van der Waals surface area contributed by atoms with Gasteiger partial charge in [-0.3, -0.25) is 0 Å². The number of aromatic nitrogens is 2. The Bertz CT molecular complexity index is 628. The molecule has 0 saturated heterocycles. The van der Waals surface area contributed by atoms with Crippen LogP contribution in [0.3, 0.4) is 0 Å². The number of aliphatic imine (C=N–C) groups is 1. The van der Waals surface area contributed by atoms with Crippen LogP contribution in [0.5, 0.6) is 0 Å². The van der Waals surface area contributed by atoms with Gasteiger partial charge in [-0.25, -0.2) is 4.99 Å². The molecule has 1 aromatic carbocycles. The molecule has 3 rings (SSSR count). The van der Waals surface area contributed by atoms with Gasteiger partial charge in [0.2, 0.25) is 5.89 Å². The number of aryl methyl sites for hydroxylation is 1. The Kier molecular flexibility index (Phi) is 3.85. The predicted octanol–water partition coefficient (Wildman–Crippen LogP) is 2.44. The molecule has 0 bridgehead atoms. The number of hydrogen-bond acceptors (Lipinski definition) is 4. The van der Waals surface area contributed by atoms with E-state index in [1.165, 1.54) is 5.56 Å². The van der Waals surface area contributed by atoms with E-state index >= 15 is 0 Å². The summed E-state index contributed by atoms with van der Waals surface area (Å²) in [5, 5.41) is 6.95. The van der Waals surface area contributed by atoms with Crippen LogP contribution in [0.1, 0.15) is 43.0 Å². The summed E-state index contributed by atoms with van der Waals surface area (Å²) < 4.78 is 5.17. The molecule has 1 aliphatic rings. The average molecular weight is 285 g/mol. The number of rotatable bonds is 5. The SMILES string of the molecule is CCc1ccc(NC(N)=NCc2noc(C3CC3)n2)cc1. The van der Waals surface area contributed by atoms with Crippen LogP contribution in [0.4, 0.5) is 5.69 Å². The van der Waals surface area contributed by atoms with Crippen molar-refractivity contribution in [3.63, 3.8) is 0 Å². The molecule has 110 valence electrons. The third-order valence-corrected chi connectivity index (χ3v) is 3.44. The summed E-state index contributed by atoms with van der Waals surface area (Å²) >= 11 is 0. The molecule has 1 heterocycles. The fraction of sp³-hybridized carbons (Fsp3) is 0.400. The molecular weight excluding hydrogens is 266 g/mol. The van der Waals surface area contributed by atoms with Crippen molar-refractivity contribution in [1.29, 1.82) is 0 Å². The van der Waals surface area contributed by atoms with E-state index in [4.69, 9.17) is 10.3 Å². The molecule has 0 amide bonds. The zero-order valence-electron chi connectivity index (χ0n) is 12.0. The highest BCUT2D eigenvalue weighted by atomic mass is 16.5. The lowest BCUT2D eigenvalue weighted by molar-refractivity contribution is 0.374. The average Bonchev–Trinajstić information content (AvgIpc) is 3.25. The van der Waals surface area contributed by atoms with Crippen LogP contribution < -0.4 is 11.1 Å².